The minimum Gasteiger partial charge on any atom is -0.320 e. The van der Waals surface area contributed by atoms with Crippen molar-refractivity contribution in [3.8, 4) is 6.07 Å². The van der Waals surface area contributed by atoms with Crippen molar-refractivity contribution in [3.05, 3.63) is 69.2 Å². The van der Waals surface area contributed by atoms with Crippen LogP contribution in [0.4, 0.5) is 5.69 Å². The van der Waals surface area contributed by atoms with Crippen molar-refractivity contribution >= 4 is 40.9 Å². The Morgan fingerprint density at radius 1 is 1.12 bits per heavy atom. The number of nitrogens with one attached hydrogen (secondary N) is 1. The highest BCUT2D eigenvalue weighted by molar-refractivity contribution is 6.44. The average Bonchev–Trinajstić information content (AvgIpc) is 2.56. The third-order valence-corrected chi connectivity index (χ3v) is 4.47. The first-order valence-electron chi connectivity index (χ1n) is 7.70. The molecular weight excluding hydrogens is 355 g/mol. The molecule has 0 bridgehead atoms. The van der Waals surface area contributed by atoms with Crippen LogP contribution >= 0.6 is 23.2 Å². The third kappa shape index (κ3) is 4.85. The summed E-state index contributed by atoms with van der Waals surface area (Å²) >= 11 is 12.0. The van der Waals surface area contributed by atoms with Crippen molar-refractivity contribution in [3.63, 3.8) is 0 Å². The molecule has 0 aromatic heterocycles. The van der Waals surface area contributed by atoms with Crippen molar-refractivity contribution in [2.24, 2.45) is 0 Å². The topological polar surface area (TPSA) is 52.9 Å². The van der Waals surface area contributed by atoms with E-state index in [-0.39, 0.29) is 16.0 Å². The highest BCUT2D eigenvalue weighted by Gasteiger charge is 2.14. The first-order chi connectivity index (χ1) is 11.7. The second kappa shape index (κ2) is 7.74. The molecule has 0 aliphatic heterocycles. The molecule has 0 aliphatic rings. The molecular formula is C20H18Cl2N2O. The average molecular weight is 373 g/mol. The van der Waals surface area contributed by atoms with Crippen LogP contribution in [0.3, 0.4) is 0 Å². The van der Waals surface area contributed by atoms with E-state index in [1.807, 2.05) is 30.3 Å². The van der Waals surface area contributed by atoms with Crippen LogP contribution in [0, 0.1) is 11.3 Å². The molecule has 0 saturated heterocycles. The monoisotopic (exact) mass is 372 g/mol. The molecule has 2 aromatic carbocycles. The van der Waals surface area contributed by atoms with E-state index in [4.69, 9.17) is 23.2 Å². The summed E-state index contributed by atoms with van der Waals surface area (Å²) in [5, 5.41) is 12.5. The lowest BCUT2D eigenvalue weighted by atomic mass is 9.86. The second-order valence-electron chi connectivity index (χ2n) is 6.60. The fraction of sp³-hybridized carbons (Fsp3) is 0.200. The molecule has 0 radical (unpaired) electrons. The number of halogens is 2. The number of nitrogens with zero attached hydrogens (tertiary/aromatic N) is 1. The van der Waals surface area contributed by atoms with E-state index in [0.717, 1.165) is 5.56 Å². The highest BCUT2D eigenvalue weighted by atomic mass is 35.5. The Kier molecular flexibility index (Phi) is 5.89. The van der Waals surface area contributed by atoms with Crippen LogP contribution in [-0.4, -0.2) is 5.91 Å². The van der Waals surface area contributed by atoms with Crippen molar-refractivity contribution in [1.82, 2.24) is 0 Å². The Balaban J connectivity index is 2.24. The molecule has 2 aromatic rings. The number of carbonyl (C=O) groups excluding carboxylic acids is 1. The maximum atomic E-state index is 12.3. The SMILES string of the molecule is CC(C)(C)c1ccc(/C=C(\C#N)C(=O)Nc2cccc(Cl)c2Cl)cc1. The largest absolute Gasteiger partial charge is 0.320 e. The summed E-state index contributed by atoms with van der Waals surface area (Å²) < 4.78 is 0. The van der Waals surface area contributed by atoms with Gasteiger partial charge >= 0.3 is 0 Å². The van der Waals surface area contributed by atoms with E-state index in [1.54, 1.807) is 24.3 Å². The van der Waals surface area contributed by atoms with Gasteiger partial charge in [0.05, 0.1) is 15.7 Å². The Morgan fingerprint density at radius 3 is 2.32 bits per heavy atom. The molecule has 5 heteroatoms. The van der Waals surface area contributed by atoms with Gasteiger partial charge in [0.25, 0.3) is 5.91 Å². The standard InChI is InChI=1S/C20H18Cl2N2O/c1-20(2,3)15-9-7-13(8-10-15)11-14(12-23)19(25)24-17-6-4-5-16(21)18(17)22/h4-11H,1-3H3,(H,24,25)/b14-11+. The number of hydrogen-bond donors (Lipinski definition) is 1. The van der Waals surface area contributed by atoms with Gasteiger partial charge in [-0.1, -0.05) is 74.3 Å². The van der Waals surface area contributed by atoms with Gasteiger partial charge in [-0.3, -0.25) is 4.79 Å². The Hall–Kier alpha value is -2.28. The molecule has 0 aliphatic carbocycles. The van der Waals surface area contributed by atoms with Gasteiger partial charge in [0.15, 0.2) is 0 Å². The molecule has 3 nitrogen and oxygen atoms in total. The zero-order valence-electron chi connectivity index (χ0n) is 14.2. The van der Waals surface area contributed by atoms with Crippen LogP contribution in [0.5, 0.6) is 0 Å². The summed E-state index contributed by atoms with van der Waals surface area (Å²) in [6.07, 6.45) is 1.54. The Labute approximate surface area is 157 Å². The second-order valence-corrected chi connectivity index (χ2v) is 7.38. The minimum absolute atomic E-state index is 0.0143. The lowest BCUT2D eigenvalue weighted by Gasteiger charge is -2.18. The number of rotatable bonds is 3. The summed E-state index contributed by atoms with van der Waals surface area (Å²) in [5.74, 6) is -0.536. The van der Waals surface area contributed by atoms with Crippen LogP contribution in [-0.2, 0) is 10.2 Å². The van der Waals surface area contributed by atoms with E-state index < -0.39 is 5.91 Å². The van der Waals surface area contributed by atoms with Crippen LogP contribution in [0.1, 0.15) is 31.9 Å². The first kappa shape index (κ1) is 19.1. The van der Waals surface area contributed by atoms with Crippen LogP contribution in [0.15, 0.2) is 48.0 Å². The smallest absolute Gasteiger partial charge is 0.266 e. The van der Waals surface area contributed by atoms with Crippen LogP contribution in [0.25, 0.3) is 6.08 Å². The summed E-state index contributed by atoms with van der Waals surface area (Å²) in [4.78, 5) is 12.3. The number of nitriles is 1. The number of carbonyl (C=O) groups is 1. The molecule has 25 heavy (non-hydrogen) atoms. The zero-order chi connectivity index (χ0) is 18.6. The molecule has 0 unspecified atom stereocenters. The van der Waals surface area contributed by atoms with Gasteiger partial charge in [-0.15, -0.1) is 0 Å². The Morgan fingerprint density at radius 2 is 1.76 bits per heavy atom. The van der Waals surface area contributed by atoms with Gasteiger partial charge in [-0.25, -0.2) is 0 Å². The zero-order valence-corrected chi connectivity index (χ0v) is 15.7. The molecule has 0 spiro atoms. The summed E-state index contributed by atoms with van der Waals surface area (Å²) in [6.45, 7) is 6.38. The number of hydrogen-bond acceptors (Lipinski definition) is 2. The fourth-order valence-corrected chi connectivity index (χ4v) is 2.53. The van der Waals surface area contributed by atoms with E-state index in [0.29, 0.717) is 10.7 Å². The molecule has 0 fully saturated rings. The van der Waals surface area contributed by atoms with Crippen molar-refractivity contribution < 1.29 is 4.79 Å². The molecule has 0 heterocycles. The van der Waals surface area contributed by atoms with Gasteiger partial charge in [0, 0.05) is 0 Å². The first-order valence-corrected chi connectivity index (χ1v) is 8.45. The number of benzene rings is 2. The van der Waals surface area contributed by atoms with Crippen molar-refractivity contribution in [1.29, 1.82) is 5.26 Å². The van der Waals surface area contributed by atoms with Gasteiger partial charge in [0.1, 0.15) is 11.6 Å². The van der Waals surface area contributed by atoms with Gasteiger partial charge in [-0.2, -0.15) is 5.26 Å². The summed E-state index contributed by atoms with van der Waals surface area (Å²) in [6, 6.07) is 14.6. The third-order valence-electron chi connectivity index (χ3n) is 3.65. The normalized spacial score (nSPS) is 11.8. The maximum absolute atomic E-state index is 12.3. The van der Waals surface area contributed by atoms with E-state index in [9.17, 15) is 10.1 Å². The lowest BCUT2D eigenvalue weighted by Crippen LogP contribution is -2.14. The molecule has 0 saturated carbocycles. The van der Waals surface area contributed by atoms with E-state index in [1.165, 1.54) is 5.56 Å². The lowest BCUT2D eigenvalue weighted by molar-refractivity contribution is -0.112. The Bertz CT molecular complexity index is 857. The minimum atomic E-state index is -0.536. The predicted molar refractivity (Wildman–Crippen MR) is 104 cm³/mol. The molecule has 1 N–H and O–H groups in total. The van der Waals surface area contributed by atoms with Crippen LogP contribution < -0.4 is 5.32 Å². The number of anilines is 1. The quantitative estimate of drug-likeness (QED) is 0.543. The van der Waals surface area contributed by atoms with E-state index in [2.05, 4.69) is 26.1 Å². The molecule has 2 rings (SSSR count). The molecule has 0 atom stereocenters. The van der Waals surface area contributed by atoms with Gasteiger partial charge in [0.2, 0.25) is 0 Å². The van der Waals surface area contributed by atoms with Crippen molar-refractivity contribution in [2.75, 3.05) is 5.32 Å². The van der Waals surface area contributed by atoms with Crippen molar-refractivity contribution in [2.45, 2.75) is 26.2 Å². The molecule has 128 valence electrons. The molecule has 1 amide bonds. The highest BCUT2D eigenvalue weighted by Crippen LogP contribution is 2.30. The van der Waals surface area contributed by atoms with Gasteiger partial charge < -0.3 is 5.32 Å². The summed E-state index contributed by atoms with van der Waals surface area (Å²) in [5.41, 5.74) is 2.35. The van der Waals surface area contributed by atoms with Crippen LogP contribution in [0.2, 0.25) is 10.0 Å². The fourth-order valence-electron chi connectivity index (χ4n) is 2.18. The van der Waals surface area contributed by atoms with E-state index >= 15 is 0 Å². The predicted octanol–water partition coefficient (Wildman–Crippen LogP) is 5.84. The number of amides is 1. The summed E-state index contributed by atoms with van der Waals surface area (Å²) in [7, 11) is 0. The van der Waals surface area contributed by atoms with Gasteiger partial charge in [-0.05, 0) is 34.8 Å². The maximum Gasteiger partial charge on any atom is 0.266 e.